The zero-order valence-corrected chi connectivity index (χ0v) is 14.3. The van der Waals surface area contributed by atoms with Crippen molar-refractivity contribution in [3.8, 4) is 0 Å². The molecule has 0 saturated heterocycles. The summed E-state index contributed by atoms with van der Waals surface area (Å²) in [5, 5.41) is 3.59. The molecule has 0 bridgehead atoms. The molecular formula is C17H28BrN. The lowest BCUT2D eigenvalue weighted by Crippen LogP contribution is -2.28. The van der Waals surface area contributed by atoms with Crippen LogP contribution in [0.15, 0.2) is 28.7 Å². The standard InChI is InChI=1S/C17H28BrN/c1-13(2)6-5-7-16(12-19-14(3)4)15-8-10-17(18)11-9-15/h8-11,13-14,16,19H,5-7,12H2,1-4H3. The fourth-order valence-corrected chi connectivity index (χ4v) is 2.54. The second-order valence-corrected chi connectivity index (χ2v) is 7.05. The highest BCUT2D eigenvalue weighted by Gasteiger charge is 2.12. The highest BCUT2D eigenvalue weighted by atomic mass is 79.9. The molecule has 0 fully saturated rings. The molecule has 1 aromatic carbocycles. The molecule has 0 aliphatic rings. The van der Waals surface area contributed by atoms with E-state index in [2.05, 4.69) is 73.2 Å². The Hall–Kier alpha value is -0.340. The Labute approximate surface area is 127 Å². The largest absolute Gasteiger partial charge is 0.314 e. The molecule has 0 heterocycles. The van der Waals surface area contributed by atoms with Gasteiger partial charge in [0, 0.05) is 17.1 Å². The van der Waals surface area contributed by atoms with Crippen molar-refractivity contribution in [1.82, 2.24) is 5.32 Å². The number of halogens is 1. The van der Waals surface area contributed by atoms with Crippen LogP contribution in [0.25, 0.3) is 0 Å². The zero-order chi connectivity index (χ0) is 14.3. The number of rotatable bonds is 8. The monoisotopic (exact) mass is 325 g/mol. The van der Waals surface area contributed by atoms with Gasteiger partial charge in [-0.2, -0.15) is 0 Å². The molecule has 19 heavy (non-hydrogen) atoms. The Morgan fingerprint density at radius 3 is 2.16 bits per heavy atom. The number of hydrogen-bond donors (Lipinski definition) is 1. The molecule has 1 nitrogen and oxygen atoms in total. The maximum Gasteiger partial charge on any atom is 0.0175 e. The van der Waals surface area contributed by atoms with Crippen LogP contribution in [0.5, 0.6) is 0 Å². The molecule has 108 valence electrons. The van der Waals surface area contributed by atoms with E-state index in [9.17, 15) is 0 Å². The van der Waals surface area contributed by atoms with Crippen molar-refractivity contribution in [3.63, 3.8) is 0 Å². The van der Waals surface area contributed by atoms with Crippen molar-refractivity contribution in [1.29, 1.82) is 0 Å². The molecule has 1 atom stereocenters. The Morgan fingerprint density at radius 1 is 1.00 bits per heavy atom. The Bertz CT molecular complexity index is 343. The van der Waals surface area contributed by atoms with Gasteiger partial charge in [-0.15, -0.1) is 0 Å². The van der Waals surface area contributed by atoms with Crippen LogP contribution in [0, 0.1) is 5.92 Å². The van der Waals surface area contributed by atoms with Crippen LogP contribution in [-0.2, 0) is 0 Å². The minimum absolute atomic E-state index is 0.558. The van der Waals surface area contributed by atoms with E-state index in [1.165, 1.54) is 24.8 Å². The minimum atomic E-state index is 0.558. The molecule has 0 aliphatic carbocycles. The Balaban J connectivity index is 2.59. The van der Waals surface area contributed by atoms with E-state index >= 15 is 0 Å². The van der Waals surface area contributed by atoms with Gasteiger partial charge in [-0.25, -0.2) is 0 Å². The fourth-order valence-electron chi connectivity index (χ4n) is 2.27. The van der Waals surface area contributed by atoms with E-state index in [1.54, 1.807) is 0 Å². The predicted octanol–water partition coefficient (Wildman–Crippen LogP) is 5.36. The van der Waals surface area contributed by atoms with Gasteiger partial charge in [0.25, 0.3) is 0 Å². The van der Waals surface area contributed by atoms with Crippen LogP contribution in [0.4, 0.5) is 0 Å². The Morgan fingerprint density at radius 2 is 1.63 bits per heavy atom. The van der Waals surface area contributed by atoms with Gasteiger partial charge in [-0.3, -0.25) is 0 Å². The molecule has 2 heteroatoms. The molecule has 1 N–H and O–H groups in total. The molecule has 0 saturated carbocycles. The van der Waals surface area contributed by atoms with E-state index in [0.717, 1.165) is 16.9 Å². The summed E-state index contributed by atoms with van der Waals surface area (Å²) < 4.78 is 1.16. The van der Waals surface area contributed by atoms with Crippen molar-refractivity contribution in [2.24, 2.45) is 5.92 Å². The summed E-state index contributed by atoms with van der Waals surface area (Å²) in [6.45, 7) is 10.1. The van der Waals surface area contributed by atoms with Crippen molar-refractivity contribution in [3.05, 3.63) is 34.3 Å². The average Bonchev–Trinajstić information content (AvgIpc) is 2.34. The van der Waals surface area contributed by atoms with E-state index in [-0.39, 0.29) is 0 Å². The first-order chi connectivity index (χ1) is 8.99. The summed E-state index contributed by atoms with van der Waals surface area (Å²) in [5.74, 6) is 1.44. The smallest absolute Gasteiger partial charge is 0.0175 e. The van der Waals surface area contributed by atoms with Crippen molar-refractivity contribution in [2.75, 3.05) is 6.54 Å². The lowest BCUT2D eigenvalue weighted by molar-refractivity contribution is 0.464. The van der Waals surface area contributed by atoms with Crippen LogP contribution in [0.3, 0.4) is 0 Å². The maximum atomic E-state index is 3.59. The summed E-state index contributed by atoms with van der Waals surface area (Å²) in [5.41, 5.74) is 1.46. The lowest BCUT2D eigenvalue weighted by Gasteiger charge is -2.20. The number of benzene rings is 1. The number of hydrogen-bond acceptors (Lipinski definition) is 1. The van der Waals surface area contributed by atoms with Gasteiger partial charge in [0.2, 0.25) is 0 Å². The van der Waals surface area contributed by atoms with Crippen molar-refractivity contribution < 1.29 is 0 Å². The summed E-state index contributed by atoms with van der Waals surface area (Å²) in [7, 11) is 0. The van der Waals surface area contributed by atoms with Crippen LogP contribution in [0.2, 0.25) is 0 Å². The lowest BCUT2D eigenvalue weighted by atomic mass is 9.91. The highest BCUT2D eigenvalue weighted by Crippen LogP contribution is 2.24. The van der Waals surface area contributed by atoms with E-state index in [4.69, 9.17) is 0 Å². The van der Waals surface area contributed by atoms with Crippen LogP contribution >= 0.6 is 15.9 Å². The maximum absolute atomic E-state index is 3.59. The van der Waals surface area contributed by atoms with Gasteiger partial charge in [0.15, 0.2) is 0 Å². The number of nitrogens with one attached hydrogen (secondary N) is 1. The molecule has 1 rings (SSSR count). The molecule has 0 aromatic heterocycles. The van der Waals surface area contributed by atoms with Crippen LogP contribution in [-0.4, -0.2) is 12.6 Å². The molecule has 0 aliphatic heterocycles. The third-order valence-electron chi connectivity index (χ3n) is 3.45. The fraction of sp³-hybridized carbons (Fsp3) is 0.647. The summed E-state index contributed by atoms with van der Waals surface area (Å²) >= 11 is 3.51. The predicted molar refractivity (Wildman–Crippen MR) is 88.7 cm³/mol. The second-order valence-electron chi connectivity index (χ2n) is 6.14. The van der Waals surface area contributed by atoms with Gasteiger partial charge in [-0.05, 0) is 36.0 Å². The van der Waals surface area contributed by atoms with Gasteiger partial charge < -0.3 is 5.32 Å². The molecular weight excluding hydrogens is 298 g/mol. The van der Waals surface area contributed by atoms with Crippen molar-refractivity contribution in [2.45, 2.75) is 58.9 Å². The first kappa shape index (κ1) is 16.7. The first-order valence-corrected chi connectivity index (χ1v) is 8.27. The normalized spacial score (nSPS) is 13.2. The van der Waals surface area contributed by atoms with Crippen LogP contribution < -0.4 is 5.32 Å². The molecule has 1 aromatic rings. The average molecular weight is 326 g/mol. The van der Waals surface area contributed by atoms with Gasteiger partial charge in [0.1, 0.15) is 0 Å². The SMILES string of the molecule is CC(C)CCCC(CNC(C)C)c1ccc(Br)cc1. The quantitative estimate of drug-likeness (QED) is 0.678. The topological polar surface area (TPSA) is 12.0 Å². The summed E-state index contributed by atoms with van der Waals surface area (Å²) in [4.78, 5) is 0. The molecule has 0 amide bonds. The Kier molecular flexibility index (Phi) is 7.70. The second kappa shape index (κ2) is 8.76. The summed E-state index contributed by atoms with van der Waals surface area (Å²) in [6.07, 6.45) is 3.92. The molecule has 1 unspecified atom stereocenters. The van der Waals surface area contributed by atoms with Gasteiger partial charge in [0.05, 0.1) is 0 Å². The highest BCUT2D eigenvalue weighted by molar-refractivity contribution is 9.10. The third kappa shape index (κ3) is 7.12. The van der Waals surface area contributed by atoms with E-state index in [0.29, 0.717) is 12.0 Å². The minimum Gasteiger partial charge on any atom is -0.314 e. The zero-order valence-electron chi connectivity index (χ0n) is 12.7. The summed E-state index contributed by atoms with van der Waals surface area (Å²) in [6, 6.07) is 9.38. The molecule has 0 radical (unpaired) electrons. The van der Waals surface area contributed by atoms with Gasteiger partial charge >= 0.3 is 0 Å². The van der Waals surface area contributed by atoms with Gasteiger partial charge in [-0.1, -0.05) is 68.6 Å². The molecule has 0 spiro atoms. The van der Waals surface area contributed by atoms with Crippen LogP contribution in [0.1, 0.15) is 58.4 Å². The third-order valence-corrected chi connectivity index (χ3v) is 3.98. The van der Waals surface area contributed by atoms with Crippen molar-refractivity contribution >= 4 is 15.9 Å². The van der Waals surface area contributed by atoms with E-state index in [1.807, 2.05) is 0 Å². The first-order valence-electron chi connectivity index (χ1n) is 7.48. The van der Waals surface area contributed by atoms with E-state index < -0.39 is 0 Å².